The molecule has 0 radical (unpaired) electrons. The van der Waals surface area contributed by atoms with E-state index in [4.69, 9.17) is 16.3 Å². The number of rotatable bonds is 6. The molecule has 0 saturated carbocycles. The highest BCUT2D eigenvalue weighted by atomic mass is 79.9. The van der Waals surface area contributed by atoms with Crippen LogP contribution in [0.3, 0.4) is 0 Å². The average molecular weight is 414 g/mol. The molecule has 3 rings (SSSR count). The molecule has 1 aliphatic rings. The van der Waals surface area contributed by atoms with Crippen LogP contribution in [0.1, 0.15) is 24.1 Å². The van der Waals surface area contributed by atoms with E-state index in [9.17, 15) is 4.79 Å². The number of carbonyl (C=O) groups is 1. The molecule has 1 amide bonds. The number of benzene rings is 1. The maximum absolute atomic E-state index is 12.1. The van der Waals surface area contributed by atoms with Crippen LogP contribution in [0.5, 0.6) is 5.75 Å². The van der Waals surface area contributed by atoms with Crippen molar-refractivity contribution in [2.45, 2.75) is 25.8 Å². The van der Waals surface area contributed by atoms with Crippen molar-refractivity contribution < 1.29 is 9.53 Å². The molecule has 0 saturated heterocycles. The second kappa shape index (κ2) is 8.00. The van der Waals surface area contributed by atoms with Gasteiger partial charge in [-0.1, -0.05) is 27.5 Å². The molecule has 128 valence electrons. The lowest BCUT2D eigenvalue weighted by Gasteiger charge is -2.13. The molecule has 0 bridgehead atoms. The maximum Gasteiger partial charge on any atom is 0.225 e. The number of amides is 1. The van der Waals surface area contributed by atoms with Crippen molar-refractivity contribution in [2.24, 2.45) is 0 Å². The number of carbonyl (C=O) groups excluding carboxylic acids is 1. The van der Waals surface area contributed by atoms with E-state index in [1.54, 1.807) is 12.1 Å². The van der Waals surface area contributed by atoms with Crippen LogP contribution in [-0.2, 0) is 17.8 Å². The first-order chi connectivity index (χ1) is 11.6. The first kappa shape index (κ1) is 17.3. The van der Waals surface area contributed by atoms with Crippen LogP contribution >= 0.6 is 27.5 Å². The number of aromatic amines is 1. The summed E-state index contributed by atoms with van der Waals surface area (Å²) >= 11 is 9.43. The van der Waals surface area contributed by atoms with Gasteiger partial charge in [-0.2, -0.15) is 5.10 Å². The first-order valence-corrected chi connectivity index (χ1v) is 8.95. The molecule has 0 spiro atoms. The van der Waals surface area contributed by atoms with Crippen molar-refractivity contribution in [1.29, 1.82) is 0 Å². The van der Waals surface area contributed by atoms with Crippen LogP contribution in [0, 0.1) is 0 Å². The van der Waals surface area contributed by atoms with E-state index >= 15 is 0 Å². The summed E-state index contributed by atoms with van der Waals surface area (Å²) in [7, 11) is 0. The minimum Gasteiger partial charge on any atom is -0.492 e. The van der Waals surface area contributed by atoms with Crippen LogP contribution in [0.25, 0.3) is 0 Å². The topological polar surface area (TPSA) is 79.0 Å². The van der Waals surface area contributed by atoms with Crippen molar-refractivity contribution >= 4 is 39.3 Å². The number of fused-ring (bicyclic) bond motifs is 1. The molecule has 1 aliphatic heterocycles. The van der Waals surface area contributed by atoms with Gasteiger partial charge in [-0.25, -0.2) is 0 Å². The van der Waals surface area contributed by atoms with Gasteiger partial charge in [-0.05, 0) is 37.6 Å². The number of aromatic nitrogens is 2. The Bertz CT molecular complexity index is 735. The number of hydrogen-bond acceptors (Lipinski definition) is 4. The van der Waals surface area contributed by atoms with Gasteiger partial charge in [0.05, 0.1) is 17.3 Å². The predicted molar refractivity (Wildman–Crippen MR) is 96.5 cm³/mol. The van der Waals surface area contributed by atoms with Crippen LogP contribution in [0.15, 0.2) is 22.7 Å². The third-order valence-corrected chi connectivity index (χ3v) is 4.55. The third kappa shape index (κ3) is 4.28. The Balaban J connectivity index is 1.44. The minimum atomic E-state index is -0.0617. The van der Waals surface area contributed by atoms with E-state index in [1.165, 1.54) is 0 Å². The number of anilines is 1. The number of halogens is 2. The van der Waals surface area contributed by atoms with Crippen molar-refractivity contribution in [1.82, 2.24) is 15.5 Å². The summed E-state index contributed by atoms with van der Waals surface area (Å²) in [6.45, 7) is 2.09. The van der Waals surface area contributed by atoms with Crippen molar-refractivity contribution in [3.63, 3.8) is 0 Å². The van der Waals surface area contributed by atoms with Gasteiger partial charge in [0, 0.05) is 23.0 Å². The number of ether oxygens (including phenoxy) is 1. The number of H-pyrrole nitrogens is 1. The number of nitrogens with zero attached hydrogens (tertiary/aromatic N) is 1. The molecule has 24 heavy (non-hydrogen) atoms. The standard InChI is InChI=1S/C16H18BrClN4O2/c17-10-3-4-14(12(18)8-10)24-7-1-2-15(23)20-16-11-5-6-19-9-13(11)21-22-16/h3-4,8,19H,1-2,5-7,9H2,(H2,20,21,22,23). The molecule has 0 fully saturated rings. The quantitative estimate of drug-likeness (QED) is 0.635. The Morgan fingerprint density at radius 3 is 3.17 bits per heavy atom. The summed E-state index contributed by atoms with van der Waals surface area (Å²) in [5, 5.41) is 13.8. The van der Waals surface area contributed by atoms with Gasteiger partial charge in [0.1, 0.15) is 5.75 Å². The van der Waals surface area contributed by atoms with Gasteiger partial charge in [0.25, 0.3) is 0 Å². The first-order valence-electron chi connectivity index (χ1n) is 7.78. The lowest BCUT2D eigenvalue weighted by atomic mass is 10.1. The van der Waals surface area contributed by atoms with Crippen molar-refractivity contribution in [3.8, 4) is 5.75 Å². The largest absolute Gasteiger partial charge is 0.492 e. The Labute approximate surface area is 153 Å². The Morgan fingerprint density at radius 1 is 1.46 bits per heavy atom. The highest BCUT2D eigenvalue weighted by Crippen LogP contribution is 2.27. The van der Waals surface area contributed by atoms with Gasteiger partial charge in [0.2, 0.25) is 5.91 Å². The summed E-state index contributed by atoms with van der Waals surface area (Å²) in [6, 6.07) is 5.44. The zero-order chi connectivity index (χ0) is 16.9. The minimum absolute atomic E-state index is 0.0617. The molecule has 1 aromatic carbocycles. The lowest BCUT2D eigenvalue weighted by molar-refractivity contribution is -0.116. The normalized spacial score (nSPS) is 13.4. The van der Waals surface area contributed by atoms with E-state index in [-0.39, 0.29) is 5.91 Å². The van der Waals surface area contributed by atoms with E-state index in [2.05, 4.69) is 36.8 Å². The second-order valence-electron chi connectivity index (χ2n) is 5.53. The fourth-order valence-electron chi connectivity index (χ4n) is 2.55. The Morgan fingerprint density at radius 2 is 2.33 bits per heavy atom. The highest BCUT2D eigenvalue weighted by Gasteiger charge is 2.17. The summed E-state index contributed by atoms with van der Waals surface area (Å²) < 4.78 is 6.50. The molecule has 3 N–H and O–H groups in total. The molecular weight excluding hydrogens is 396 g/mol. The van der Waals surface area contributed by atoms with E-state index in [0.717, 1.165) is 35.2 Å². The number of nitrogens with one attached hydrogen (secondary N) is 3. The molecule has 0 aliphatic carbocycles. The van der Waals surface area contributed by atoms with E-state index in [0.29, 0.717) is 36.0 Å². The Hall–Kier alpha value is -1.57. The fourth-order valence-corrected chi connectivity index (χ4v) is 3.28. The molecule has 2 aromatic rings. The van der Waals surface area contributed by atoms with Crippen LogP contribution in [0.4, 0.5) is 5.82 Å². The molecular formula is C16H18BrClN4O2. The van der Waals surface area contributed by atoms with Gasteiger partial charge < -0.3 is 15.4 Å². The SMILES string of the molecule is O=C(CCCOc1ccc(Br)cc1Cl)Nc1n[nH]c2c1CCNC2. The molecule has 1 aromatic heterocycles. The van der Waals surface area contributed by atoms with Gasteiger partial charge in [-0.15, -0.1) is 0 Å². The highest BCUT2D eigenvalue weighted by molar-refractivity contribution is 9.10. The van der Waals surface area contributed by atoms with E-state index < -0.39 is 0 Å². The predicted octanol–water partition coefficient (Wildman–Crippen LogP) is 3.27. The summed E-state index contributed by atoms with van der Waals surface area (Å²) in [5.41, 5.74) is 2.14. The van der Waals surface area contributed by atoms with Crippen LogP contribution < -0.4 is 15.4 Å². The molecule has 8 heteroatoms. The zero-order valence-corrected chi connectivity index (χ0v) is 15.3. The Kier molecular flexibility index (Phi) is 5.76. The van der Waals surface area contributed by atoms with Crippen molar-refractivity contribution in [3.05, 3.63) is 39.0 Å². The van der Waals surface area contributed by atoms with Gasteiger partial charge in [-0.3, -0.25) is 9.89 Å². The van der Waals surface area contributed by atoms with Crippen LogP contribution in [0.2, 0.25) is 5.02 Å². The lowest BCUT2D eigenvalue weighted by Crippen LogP contribution is -2.24. The maximum atomic E-state index is 12.1. The number of hydrogen-bond donors (Lipinski definition) is 3. The van der Waals surface area contributed by atoms with Crippen molar-refractivity contribution in [2.75, 3.05) is 18.5 Å². The molecule has 6 nitrogen and oxygen atoms in total. The van der Waals surface area contributed by atoms with Crippen LogP contribution in [-0.4, -0.2) is 29.3 Å². The average Bonchev–Trinajstić information content (AvgIpc) is 2.96. The molecule has 0 atom stereocenters. The van der Waals surface area contributed by atoms with Gasteiger partial charge >= 0.3 is 0 Å². The summed E-state index contributed by atoms with van der Waals surface area (Å²) in [4.78, 5) is 12.1. The molecule has 2 heterocycles. The fraction of sp³-hybridized carbons (Fsp3) is 0.375. The molecule has 0 unspecified atom stereocenters. The monoisotopic (exact) mass is 412 g/mol. The van der Waals surface area contributed by atoms with E-state index in [1.807, 2.05) is 6.07 Å². The zero-order valence-electron chi connectivity index (χ0n) is 13.0. The summed E-state index contributed by atoms with van der Waals surface area (Å²) in [6.07, 6.45) is 1.84. The van der Waals surface area contributed by atoms with Gasteiger partial charge in [0.15, 0.2) is 5.82 Å². The smallest absolute Gasteiger partial charge is 0.225 e. The summed E-state index contributed by atoms with van der Waals surface area (Å²) in [5.74, 6) is 1.20. The third-order valence-electron chi connectivity index (χ3n) is 3.76. The second-order valence-corrected chi connectivity index (χ2v) is 6.85.